The van der Waals surface area contributed by atoms with Crippen LogP contribution in [0, 0.1) is 6.92 Å². The lowest BCUT2D eigenvalue weighted by Crippen LogP contribution is -1.99. The van der Waals surface area contributed by atoms with Gasteiger partial charge < -0.3 is 10.4 Å². The Hall–Kier alpha value is -2.00. The molecule has 0 amide bonds. The van der Waals surface area contributed by atoms with E-state index in [2.05, 4.69) is 5.32 Å². The van der Waals surface area contributed by atoms with E-state index < -0.39 is 5.97 Å². The number of carboxylic acids is 1. The van der Waals surface area contributed by atoms with Crippen LogP contribution in [0.15, 0.2) is 42.5 Å². The highest BCUT2D eigenvalue weighted by Gasteiger charge is 2.05. The Kier molecular flexibility index (Phi) is 3.53. The molecule has 0 radical (unpaired) electrons. The van der Waals surface area contributed by atoms with Gasteiger partial charge in [-0.15, -0.1) is 0 Å². The number of aryl methyl sites for hydroxylation is 1. The third-order valence-electron chi connectivity index (χ3n) is 2.58. The monoisotopic (exact) mass is 261 g/mol. The van der Waals surface area contributed by atoms with E-state index >= 15 is 0 Å². The van der Waals surface area contributed by atoms with Gasteiger partial charge in [0, 0.05) is 16.4 Å². The van der Waals surface area contributed by atoms with Crippen LogP contribution < -0.4 is 5.32 Å². The number of hydrogen-bond donors (Lipinski definition) is 2. The Bertz CT molecular complexity index is 596. The maximum absolute atomic E-state index is 10.8. The summed E-state index contributed by atoms with van der Waals surface area (Å²) in [6.45, 7) is 1.86. The highest BCUT2D eigenvalue weighted by atomic mass is 35.5. The van der Waals surface area contributed by atoms with Crippen LogP contribution in [0.1, 0.15) is 15.9 Å². The highest BCUT2D eigenvalue weighted by Crippen LogP contribution is 2.23. The van der Waals surface area contributed by atoms with Gasteiger partial charge in [-0.05, 0) is 48.9 Å². The molecule has 4 heteroatoms. The molecule has 0 fully saturated rings. The fraction of sp³-hybridized carbons (Fsp3) is 0.0714. The first kappa shape index (κ1) is 12.5. The van der Waals surface area contributed by atoms with E-state index in [9.17, 15) is 4.79 Å². The Morgan fingerprint density at radius 1 is 1.22 bits per heavy atom. The fourth-order valence-electron chi connectivity index (χ4n) is 1.66. The maximum atomic E-state index is 10.8. The molecule has 0 atom stereocenters. The van der Waals surface area contributed by atoms with Crippen LogP contribution >= 0.6 is 11.6 Å². The molecule has 0 saturated heterocycles. The van der Waals surface area contributed by atoms with Gasteiger partial charge in [0.1, 0.15) is 0 Å². The normalized spacial score (nSPS) is 10.1. The summed E-state index contributed by atoms with van der Waals surface area (Å²) in [6, 6.07) is 12.3. The van der Waals surface area contributed by atoms with Gasteiger partial charge in [-0.2, -0.15) is 0 Å². The third-order valence-corrected chi connectivity index (χ3v) is 2.81. The summed E-state index contributed by atoms with van der Waals surface area (Å²) in [6.07, 6.45) is 0. The van der Waals surface area contributed by atoms with Crippen molar-refractivity contribution in [3.05, 3.63) is 58.6 Å². The molecule has 3 nitrogen and oxygen atoms in total. The summed E-state index contributed by atoms with van der Waals surface area (Å²) in [4.78, 5) is 10.8. The first-order valence-corrected chi connectivity index (χ1v) is 5.80. The Labute approximate surface area is 110 Å². The van der Waals surface area contributed by atoms with Gasteiger partial charge in [0.2, 0.25) is 0 Å². The second kappa shape index (κ2) is 5.10. The molecule has 2 aromatic carbocycles. The minimum Gasteiger partial charge on any atom is -0.478 e. The van der Waals surface area contributed by atoms with Crippen molar-refractivity contribution in [1.82, 2.24) is 0 Å². The predicted molar refractivity (Wildman–Crippen MR) is 72.9 cm³/mol. The van der Waals surface area contributed by atoms with Gasteiger partial charge in [-0.3, -0.25) is 0 Å². The summed E-state index contributed by atoms with van der Waals surface area (Å²) >= 11 is 5.90. The van der Waals surface area contributed by atoms with E-state index in [1.165, 1.54) is 0 Å². The fourth-order valence-corrected chi connectivity index (χ4v) is 1.85. The van der Waals surface area contributed by atoms with E-state index in [0.717, 1.165) is 16.9 Å². The molecule has 0 aliphatic rings. The minimum atomic E-state index is -0.924. The van der Waals surface area contributed by atoms with Crippen LogP contribution in [0.2, 0.25) is 5.02 Å². The number of rotatable bonds is 3. The molecule has 0 aliphatic carbocycles. The predicted octanol–water partition coefficient (Wildman–Crippen LogP) is 4.09. The van der Waals surface area contributed by atoms with Crippen molar-refractivity contribution in [3.8, 4) is 0 Å². The van der Waals surface area contributed by atoms with Crippen molar-refractivity contribution < 1.29 is 9.90 Å². The quantitative estimate of drug-likeness (QED) is 0.875. The molecule has 0 aliphatic heterocycles. The van der Waals surface area contributed by atoms with Crippen molar-refractivity contribution in [1.29, 1.82) is 0 Å². The number of carboxylic acid groups (broad SMARTS) is 1. The lowest BCUT2D eigenvalue weighted by atomic mass is 10.1. The second-order valence-corrected chi connectivity index (χ2v) is 4.41. The number of anilines is 2. The SMILES string of the molecule is Cc1cc(C(=O)O)ccc1Nc1cccc(Cl)c1. The van der Waals surface area contributed by atoms with E-state index in [0.29, 0.717) is 5.02 Å². The number of aromatic carboxylic acids is 1. The van der Waals surface area contributed by atoms with Crippen LogP contribution in [0.4, 0.5) is 11.4 Å². The lowest BCUT2D eigenvalue weighted by molar-refractivity contribution is 0.0697. The molecule has 2 N–H and O–H groups in total. The van der Waals surface area contributed by atoms with E-state index in [1.54, 1.807) is 24.3 Å². The number of benzene rings is 2. The number of carbonyl (C=O) groups is 1. The Morgan fingerprint density at radius 3 is 2.61 bits per heavy atom. The van der Waals surface area contributed by atoms with Gasteiger partial charge in [0.25, 0.3) is 0 Å². The van der Waals surface area contributed by atoms with Gasteiger partial charge in [0.05, 0.1) is 5.56 Å². The molecular formula is C14H12ClNO2. The number of halogens is 1. The zero-order valence-corrected chi connectivity index (χ0v) is 10.5. The lowest BCUT2D eigenvalue weighted by Gasteiger charge is -2.10. The molecule has 0 spiro atoms. The van der Waals surface area contributed by atoms with Crippen molar-refractivity contribution >= 4 is 28.9 Å². The van der Waals surface area contributed by atoms with Gasteiger partial charge in [0.15, 0.2) is 0 Å². The molecule has 0 heterocycles. The van der Waals surface area contributed by atoms with Crippen LogP contribution in [0.25, 0.3) is 0 Å². The number of hydrogen-bond acceptors (Lipinski definition) is 2. The second-order valence-electron chi connectivity index (χ2n) is 3.97. The van der Waals surface area contributed by atoms with E-state index in [-0.39, 0.29) is 5.56 Å². The van der Waals surface area contributed by atoms with Crippen LogP contribution in [0.5, 0.6) is 0 Å². The average Bonchev–Trinajstić information content (AvgIpc) is 2.31. The molecule has 2 aromatic rings. The Balaban J connectivity index is 2.27. The standard InChI is InChI=1S/C14H12ClNO2/c1-9-7-10(14(17)18)5-6-13(9)16-12-4-2-3-11(15)8-12/h2-8,16H,1H3,(H,17,18). The van der Waals surface area contributed by atoms with Crippen LogP contribution in [0.3, 0.4) is 0 Å². The van der Waals surface area contributed by atoms with Crippen LogP contribution in [-0.2, 0) is 0 Å². The van der Waals surface area contributed by atoms with Crippen molar-refractivity contribution in [3.63, 3.8) is 0 Å². The summed E-state index contributed by atoms with van der Waals surface area (Å²) < 4.78 is 0. The molecule has 0 unspecified atom stereocenters. The molecule has 0 aromatic heterocycles. The summed E-state index contributed by atoms with van der Waals surface area (Å²) in [5, 5.41) is 12.7. The summed E-state index contributed by atoms with van der Waals surface area (Å²) in [5.41, 5.74) is 2.88. The molecule has 92 valence electrons. The van der Waals surface area contributed by atoms with E-state index in [1.807, 2.05) is 25.1 Å². The largest absolute Gasteiger partial charge is 0.478 e. The topological polar surface area (TPSA) is 49.3 Å². The summed E-state index contributed by atoms with van der Waals surface area (Å²) in [7, 11) is 0. The van der Waals surface area contributed by atoms with Gasteiger partial charge >= 0.3 is 5.97 Å². The van der Waals surface area contributed by atoms with Crippen molar-refractivity contribution in [2.75, 3.05) is 5.32 Å². The summed E-state index contributed by atoms with van der Waals surface area (Å²) in [5.74, 6) is -0.924. The van der Waals surface area contributed by atoms with Crippen molar-refractivity contribution in [2.45, 2.75) is 6.92 Å². The van der Waals surface area contributed by atoms with E-state index in [4.69, 9.17) is 16.7 Å². The molecule has 2 rings (SSSR count). The molecule has 0 saturated carbocycles. The first-order valence-electron chi connectivity index (χ1n) is 5.43. The highest BCUT2D eigenvalue weighted by molar-refractivity contribution is 6.30. The number of nitrogens with one attached hydrogen (secondary N) is 1. The van der Waals surface area contributed by atoms with Crippen LogP contribution in [-0.4, -0.2) is 11.1 Å². The minimum absolute atomic E-state index is 0.282. The first-order chi connectivity index (χ1) is 8.56. The Morgan fingerprint density at radius 2 is 2.00 bits per heavy atom. The maximum Gasteiger partial charge on any atom is 0.335 e. The smallest absolute Gasteiger partial charge is 0.335 e. The zero-order chi connectivity index (χ0) is 13.1. The van der Waals surface area contributed by atoms with Crippen molar-refractivity contribution in [2.24, 2.45) is 0 Å². The molecule has 0 bridgehead atoms. The van der Waals surface area contributed by atoms with Gasteiger partial charge in [-0.25, -0.2) is 4.79 Å². The zero-order valence-electron chi connectivity index (χ0n) is 9.77. The van der Waals surface area contributed by atoms with Gasteiger partial charge in [-0.1, -0.05) is 17.7 Å². The molecular weight excluding hydrogens is 250 g/mol. The average molecular weight is 262 g/mol. The molecule has 18 heavy (non-hydrogen) atoms. The third kappa shape index (κ3) is 2.81.